The maximum absolute atomic E-state index is 12.6. The van der Waals surface area contributed by atoms with Gasteiger partial charge in [0.15, 0.2) is 11.5 Å². The molecule has 0 spiro atoms. The van der Waals surface area contributed by atoms with E-state index in [1.165, 1.54) is 55.7 Å². The predicted octanol–water partition coefficient (Wildman–Crippen LogP) is 4.55. The number of amides is 1. The topological polar surface area (TPSA) is 195 Å². The van der Waals surface area contributed by atoms with Crippen LogP contribution < -0.4 is 14.8 Å². The summed E-state index contributed by atoms with van der Waals surface area (Å²) in [6.07, 6.45) is 1.25. The van der Waals surface area contributed by atoms with Crippen LogP contribution in [0, 0.1) is 31.6 Å². The Kier molecular flexibility index (Phi) is 7.76. The summed E-state index contributed by atoms with van der Waals surface area (Å²) in [7, 11) is 1.30. The zero-order valence-corrected chi connectivity index (χ0v) is 18.9. The molecule has 0 saturated heterocycles. The number of carboxylic acid groups (broad SMARTS) is 1. The summed E-state index contributed by atoms with van der Waals surface area (Å²) in [6, 6.07) is 14.4. The van der Waals surface area contributed by atoms with E-state index in [0.29, 0.717) is 5.56 Å². The Balaban J connectivity index is 1.87. The number of nitrogens with one attached hydrogen (secondary N) is 1. The van der Waals surface area contributed by atoms with Crippen LogP contribution in [0.3, 0.4) is 0 Å². The van der Waals surface area contributed by atoms with Crippen molar-refractivity contribution in [3.63, 3.8) is 0 Å². The molecule has 13 nitrogen and oxygen atoms in total. The molecule has 0 aromatic heterocycles. The van der Waals surface area contributed by atoms with E-state index in [4.69, 9.17) is 14.6 Å². The number of benzene rings is 3. The van der Waals surface area contributed by atoms with E-state index in [1.54, 1.807) is 6.07 Å². The van der Waals surface area contributed by atoms with E-state index in [2.05, 4.69) is 5.32 Å². The zero-order valence-electron chi connectivity index (χ0n) is 18.9. The third-order valence-corrected chi connectivity index (χ3v) is 4.80. The molecule has 1 amide bonds. The molecule has 3 aromatic rings. The van der Waals surface area contributed by atoms with Crippen molar-refractivity contribution in [3.8, 4) is 23.3 Å². The molecule has 0 bridgehead atoms. The first-order valence-corrected chi connectivity index (χ1v) is 10.2. The van der Waals surface area contributed by atoms with Crippen LogP contribution in [0.5, 0.6) is 17.2 Å². The number of carbonyl (C=O) groups is 2. The van der Waals surface area contributed by atoms with Gasteiger partial charge in [-0.2, -0.15) is 5.26 Å². The number of methoxy groups -OCH3 is 1. The molecule has 0 aliphatic heterocycles. The second-order valence-corrected chi connectivity index (χ2v) is 7.19. The van der Waals surface area contributed by atoms with Gasteiger partial charge in [0.1, 0.15) is 11.6 Å². The summed E-state index contributed by atoms with van der Waals surface area (Å²) >= 11 is 0. The van der Waals surface area contributed by atoms with E-state index in [0.717, 1.165) is 18.2 Å². The maximum Gasteiger partial charge on any atom is 0.335 e. The first kappa shape index (κ1) is 25.8. The number of aromatic carboxylic acids is 1. The van der Waals surface area contributed by atoms with E-state index >= 15 is 0 Å². The minimum absolute atomic E-state index is 0.0325. The van der Waals surface area contributed by atoms with Gasteiger partial charge < -0.3 is 19.9 Å². The van der Waals surface area contributed by atoms with Gasteiger partial charge in [0.25, 0.3) is 11.6 Å². The molecule has 13 heteroatoms. The number of rotatable bonds is 9. The van der Waals surface area contributed by atoms with Gasteiger partial charge in [0.05, 0.1) is 28.6 Å². The van der Waals surface area contributed by atoms with Crippen molar-refractivity contribution in [2.24, 2.45) is 0 Å². The number of hydrogen-bond donors (Lipinski definition) is 2. The Morgan fingerprint density at radius 2 is 1.73 bits per heavy atom. The molecule has 0 fully saturated rings. The number of nitriles is 1. The number of nitrogens with zero attached hydrogens (tertiary/aromatic N) is 3. The van der Waals surface area contributed by atoms with Crippen molar-refractivity contribution in [1.82, 2.24) is 0 Å². The van der Waals surface area contributed by atoms with Crippen LogP contribution in [-0.2, 0) is 4.79 Å². The molecule has 37 heavy (non-hydrogen) atoms. The van der Waals surface area contributed by atoms with Crippen molar-refractivity contribution in [3.05, 3.63) is 97.6 Å². The third kappa shape index (κ3) is 6.22. The van der Waals surface area contributed by atoms with Crippen LogP contribution >= 0.6 is 0 Å². The highest BCUT2D eigenvalue weighted by atomic mass is 16.6. The van der Waals surface area contributed by atoms with Crippen LogP contribution in [0.2, 0.25) is 0 Å². The lowest BCUT2D eigenvalue weighted by molar-refractivity contribution is -0.394. The Morgan fingerprint density at radius 3 is 2.35 bits per heavy atom. The molecule has 186 valence electrons. The summed E-state index contributed by atoms with van der Waals surface area (Å²) in [5.74, 6) is -2.11. The molecule has 0 aliphatic rings. The first-order valence-electron chi connectivity index (χ1n) is 10.2. The summed E-state index contributed by atoms with van der Waals surface area (Å²) < 4.78 is 10.8. The minimum atomic E-state index is -1.18. The molecule has 3 aromatic carbocycles. The van der Waals surface area contributed by atoms with Crippen LogP contribution in [0.4, 0.5) is 17.1 Å². The second kappa shape index (κ2) is 11.1. The normalized spacial score (nSPS) is 10.6. The number of anilines is 1. The van der Waals surface area contributed by atoms with E-state index in [9.17, 15) is 35.1 Å². The molecule has 0 saturated carbocycles. The van der Waals surface area contributed by atoms with Gasteiger partial charge in [-0.25, -0.2) is 4.79 Å². The summed E-state index contributed by atoms with van der Waals surface area (Å²) in [5, 5.41) is 43.3. The smallest absolute Gasteiger partial charge is 0.335 e. The second-order valence-electron chi connectivity index (χ2n) is 7.19. The van der Waals surface area contributed by atoms with Gasteiger partial charge >= 0.3 is 11.7 Å². The number of carbonyl (C=O) groups excluding carboxylic acids is 1. The van der Waals surface area contributed by atoms with Crippen LogP contribution in [-0.4, -0.2) is 33.9 Å². The molecular weight excluding hydrogens is 488 g/mol. The van der Waals surface area contributed by atoms with Gasteiger partial charge in [-0.15, -0.1) is 0 Å². The lowest BCUT2D eigenvalue weighted by atomic mass is 10.1. The minimum Gasteiger partial charge on any atom is -0.493 e. The largest absolute Gasteiger partial charge is 0.493 e. The van der Waals surface area contributed by atoms with Gasteiger partial charge in [0, 0.05) is 11.8 Å². The number of ether oxygens (including phenoxy) is 2. The fourth-order valence-electron chi connectivity index (χ4n) is 3.07. The maximum atomic E-state index is 12.6. The number of carboxylic acids is 1. The molecule has 3 rings (SSSR count). The van der Waals surface area contributed by atoms with E-state index in [-0.39, 0.29) is 34.1 Å². The number of non-ortho nitro benzene ring substituents is 1. The molecule has 0 radical (unpaired) electrons. The Bertz CT molecular complexity index is 1490. The van der Waals surface area contributed by atoms with Gasteiger partial charge in [-0.3, -0.25) is 25.0 Å². The van der Waals surface area contributed by atoms with E-state index in [1.807, 2.05) is 0 Å². The number of hydrogen-bond acceptors (Lipinski definition) is 9. The van der Waals surface area contributed by atoms with Crippen LogP contribution in [0.15, 0.2) is 66.2 Å². The number of nitro groups is 2. The van der Waals surface area contributed by atoms with Crippen molar-refractivity contribution < 1.29 is 34.0 Å². The fraction of sp³-hybridized carbons (Fsp3) is 0.0417. The highest BCUT2D eigenvalue weighted by Crippen LogP contribution is 2.38. The Labute approximate surface area is 208 Å². The first-order chi connectivity index (χ1) is 17.6. The quantitative estimate of drug-likeness (QED) is 0.180. The lowest BCUT2D eigenvalue weighted by Crippen LogP contribution is -2.14. The zero-order chi connectivity index (χ0) is 27.1. The highest BCUT2D eigenvalue weighted by Gasteiger charge is 2.22. The van der Waals surface area contributed by atoms with Crippen LogP contribution in [0.1, 0.15) is 15.9 Å². The third-order valence-electron chi connectivity index (χ3n) is 4.80. The van der Waals surface area contributed by atoms with Gasteiger partial charge in [-0.1, -0.05) is 12.1 Å². The average molecular weight is 504 g/mol. The van der Waals surface area contributed by atoms with Crippen molar-refractivity contribution in [2.75, 3.05) is 12.4 Å². The monoisotopic (exact) mass is 504 g/mol. The predicted molar refractivity (Wildman–Crippen MR) is 128 cm³/mol. The van der Waals surface area contributed by atoms with Gasteiger partial charge in [-0.05, 0) is 48.0 Å². The molecular formula is C24H16N4O9. The van der Waals surface area contributed by atoms with Crippen LogP contribution in [0.25, 0.3) is 6.08 Å². The Morgan fingerprint density at radius 1 is 1.00 bits per heavy atom. The molecule has 2 N–H and O–H groups in total. The molecule has 0 aliphatic carbocycles. The standard InChI is InChI=1S/C24H16N4O9/c1-36-22-10-14(9-16(13-25)23(29)26-17-4-2-3-15(11-17)24(30)31)5-7-21(22)37-20-8-6-18(27(32)33)12-19(20)28(34)35/h2-12H,1H3,(H,26,29)(H,30,31)/b16-9-. The SMILES string of the molecule is COc1cc(/C=C(/C#N)C(=O)Nc2cccc(C(=O)O)c2)ccc1Oc1ccc([N+](=O)[O-])cc1[N+](=O)[O-]. The molecule has 0 unspecified atom stereocenters. The van der Waals surface area contributed by atoms with E-state index < -0.39 is 33.1 Å². The summed E-state index contributed by atoms with van der Waals surface area (Å²) in [4.78, 5) is 44.4. The fourth-order valence-corrected chi connectivity index (χ4v) is 3.07. The average Bonchev–Trinajstić information content (AvgIpc) is 2.87. The van der Waals surface area contributed by atoms with Crippen molar-refractivity contribution >= 4 is 35.0 Å². The molecule has 0 atom stereocenters. The van der Waals surface area contributed by atoms with Crippen molar-refractivity contribution in [1.29, 1.82) is 5.26 Å². The van der Waals surface area contributed by atoms with Gasteiger partial charge in [0.2, 0.25) is 5.75 Å². The number of nitro benzene ring substituents is 2. The summed E-state index contributed by atoms with van der Waals surface area (Å²) in [6.45, 7) is 0. The van der Waals surface area contributed by atoms with Crippen molar-refractivity contribution in [2.45, 2.75) is 0 Å². The summed E-state index contributed by atoms with van der Waals surface area (Å²) in [5.41, 5.74) is -0.944. The lowest BCUT2D eigenvalue weighted by Gasteiger charge is -2.11. The highest BCUT2D eigenvalue weighted by molar-refractivity contribution is 6.10. The Hall–Kier alpha value is -5.77. The molecule has 0 heterocycles.